The third-order valence-corrected chi connectivity index (χ3v) is 1.68. The Kier molecular flexibility index (Phi) is 4.26. The first-order valence-corrected chi connectivity index (χ1v) is 4.04. The number of hydrogen-bond donors (Lipinski definition) is 1. The molecule has 0 N–H and O–H groups in total. The van der Waals surface area contributed by atoms with Crippen LogP contribution in [0.15, 0.2) is 0 Å². The summed E-state index contributed by atoms with van der Waals surface area (Å²) >= 11 is 3.22. The van der Waals surface area contributed by atoms with Crippen LogP contribution in [0.4, 0.5) is 0 Å². The van der Waals surface area contributed by atoms with Crippen molar-refractivity contribution < 1.29 is 4.55 Å². The van der Waals surface area contributed by atoms with Gasteiger partial charge >= 0.3 is 0 Å². The van der Waals surface area contributed by atoms with Crippen molar-refractivity contribution in [3.8, 4) is 0 Å². The zero-order chi connectivity index (χ0) is 4.99. The van der Waals surface area contributed by atoms with Crippen LogP contribution in [-0.2, 0) is 11.2 Å². The van der Waals surface area contributed by atoms with Gasteiger partial charge in [-0.1, -0.05) is 11.2 Å². The molecule has 0 bridgehead atoms. The van der Waals surface area contributed by atoms with Gasteiger partial charge in [-0.25, -0.2) is 0 Å². The molecule has 0 aliphatic rings. The van der Waals surface area contributed by atoms with E-state index in [0.29, 0.717) is 5.75 Å². The smallest absolute Gasteiger partial charge is 0.114 e. The molecular formula is C3H8OS2. The largest absolute Gasteiger partial charge is 0.617 e. The van der Waals surface area contributed by atoms with Crippen LogP contribution in [0.25, 0.3) is 0 Å². The lowest BCUT2D eigenvalue weighted by molar-refractivity contribution is 0.602. The number of hydrogen-bond acceptors (Lipinski definition) is 2. The van der Waals surface area contributed by atoms with Crippen LogP contribution in [0, 0.1) is 0 Å². The van der Waals surface area contributed by atoms with Crippen molar-refractivity contribution in [3.05, 3.63) is 0 Å². The van der Waals surface area contributed by atoms with Crippen LogP contribution in [0.3, 0.4) is 0 Å². The van der Waals surface area contributed by atoms with Crippen molar-refractivity contribution in [2.45, 2.75) is 0 Å². The molecule has 0 aliphatic carbocycles. The maximum absolute atomic E-state index is 10.1. The summed E-state index contributed by atoms with van der Waals surface area (Å²) in [5, 5.41) is 0. The van der Waals surface area contributed by atoms with Crippen molar-refractivity contribution in [2.24, 2.45) is 0 Å². The quantitative estimate of drug-likeness (QED) is 0.415. The third kappa shape index (κ3) is 4.66. The van der Waals surface area contributed by atoms with E-state index in [2.05, 4.69) is 12.6 Å². The molecule has 6 heavy (non-hydrogen) atoms. The van der Waals surface area contributed by atoms with Gasteiger partial charge in [0.15, 0.2) is 0 Å². The summed E-state index contributed by atoms with van der Waals surface area (Å²) in [6.45, 7) is 0. The lowest BCUT2D eigenvalue weighted by atomic mass is 11.0. The molecule has 38 valence electrons. The third-order valence-electron chi connectivity index (χ3n) is 0.379. The molecule has 0 spiro atoms. The summed E-state index contributed by atoms with van der Waals surface area (Å²) in [7, 11) is 0. The fraction of sp³-hybridized carbons (Fsp3) is 1.00. The molecule has 3 heteroatoms. The molecule has 0 aliphatic heterocycles. The van der Waals surface area contributed by atoms with Gasteiger partial charge in [0.2, 0.25) is 0 Å². The van der Waals surface area contributed by atoms with Crippen LogP contribution in [-0.4, -0.2) is 22.3 Å². The molecule has 0 heterocycles. The van der Waals surface area contributed by atoms with Gasteiger partial charge in [0.25, 0.3) is 0 Å². The SMILES string of the molecule is C[S+]([O-])CCS. The van der Waals surface area contributed by atoms with Gasteiger partial charge < -0.3 is 4.55 Å². The van der Waals surface area contributed by atoms with Crippen molar-refractivity contribution >= 4 is 23.8 Å². The second-order valence-corrected chi connectivity index (χ2v) is 3.00. The Bertz CT molecular complexity index is 30.0. The summed E-state index contributed by atoms with van der Waals surface area (Å²) < 4.78 is 10.1. The highest BCUT2D eigenvalue weighted by Crippen LogP contribution is 1.82. The molecule has 0 amide bonds. The molecule has 0 saturated carbocycles. The van der Waals surface area contributed by atoms with Gasteiger partial charge in [0, 0.05) is 5.75 Å². The molecule has 1 nitrogen and oxygen atoms in total. The Morgan fingerprint density at radius 1 is 1.83 bits per heavy atom. The topological polar surface area (TPSA) is 23.1 Å². The summed E-state index contributed by atoms with van der Waals surface area (Å²) in [5.74, 6) is 1.44. The van der Waals surface area contributed by atoms with Crippen LogP contribution >= 0.6 is 12.6 Å². The van der Waals surface area contributed by atoms with Gasteiger partial charge in [-0.2, -0.15) is 12.6 Å². The predicted octanol–water partition coefficient (Wildman–Crippen LogP) is 0.295. The van der Waals surface area contributed by atoms with E-state index < -0.39 is 11.2 Å². The Labute approximate surface area is 46.7 Å². The maximum atomic E-state index is 10.1. The van der Waals surface area contributed by atoms with Crippen molar-refractivity contribution in [1.82, 2.24) is 0 Å². The van der Waals surface area contributed by atoms with E-state index in [-0.39, 0.29) is 0 Å². The Hall–Kier alpha value is 0.660. The normalized spacial score (nSPS) is 14.5. The second-order valence-electron chi connectivity index (χ2n) is 1.00. The molecule has 0 rings (SSSR count). The van der Waals surface area contributed by atoms with Crippen molar-refractivity contribution in [2.75, 3.05) is 17.8 Å². The molecule has 0 fully saturated rings. The standard InChI is InChI=1S/C3H8OS2/c1-6(4)3-2-5/h5H,2-3H2,1H3. The summed E-state index contributed by atoms with van der Waals surface area (Å²) in [6, 6.07) is 0. The van der Waals surface area contributed by atoms with E-state index in [1.807, 2.05) is 0 Å². The van der Waals surface area contributed by atoms with Gasteiger partial charge in [0.05, 0.1) is 6.26 Å². The highest BCUT2D eigenvalue weighted by atomic mass is 32.2. The molecule has 0 aromatic carbocycles. The summed E-state index contributed by atoms with van der Waals surface area (Å²) in [6.07, 6.45) is 1.68. The minimum Gasteiger partial charge on any atom is -0.617 e. The molecule has 0 aromatic rings. The van der Waals surface area contributed by atoms with Gasteiger partial charge in [-0.15, -0.1) is 0 Å². The average molecular weight is 124 g/mol. The van der Waals surface area contributed by atoms with Crippen LogP contribution in [0.1, 0.15) is 0 Å². The minimum absolute atomic E-state index is 0.642. The first kappa shape index (κ1) is 6.66. The Balaban J connectivity index is 2.63. The van der Waals surface area contributed by atoms with E-state index in [1.54, 1.807) is 6.26 Å². The summed E-state index contributed by atoms with van der Waals surface area (Å²) in [4.78, 5) is 0. The van der Waals surface area contributed by atoms with Gasteiger partial charge in [-0.05, 0) is 0 Å². The minimum atomic E-state index is -0.642. The Morgan fingerprint density at radius 3 is 2.33 bits per heavy atom. The zero-order valence-corrected chi connectivity index (χ0v) is 5.39. The Morgan fingerprint density at radius 2 is 2.33 bits per heavy atom. The van der Waals surface area contributed by atoms with Crippen LogP contribution < -0.4 is 0 Å². The van der Waals surface area contributed by atoms with E-state index in [9.17, 15) is 4.55 Å². The average Bonchev–Trinajstić information content (AvgIpc) is 1.35. The molecule has 0 aromatic heterocycles. The van der Waals surface area contributed by atoms with Crippen molar-refractivity contribution in [3.63, 3.8) is 0 Å². The zero-order valence-electron chi connectivity index (χ0n) is 3.68. The predicted molar refractivity (Wildman–Crippen MR) is 32.8 cm³/mol. The molecule has 0 radical (unpaired) electrons. The molecular weight excluding hydrogens is 116 g/mol. The lowest BCUT2D eigenvalue weighted by Gasteiger charge is -1.98. The maximum Gasteiger partial charge on any atom is 0.114 e. The second kappa shape index (κ2) is 3.84. The first-order chi connectivity index (χ1) is 2.77. The fourth-order valence-corrected chi connectivity index (χ4v) is 1.16. The van der Waals surface area contributed by atoms with E-state index >= 15 is 0 Å². The number of thiol groups is 1. The van der Waals surface area contributed by atoms with Crippen LogP contribution in [0.2, 0.25) is 0 Å². The summed E-state index contributed by atoms with van der Waals surface area (Å²) in [5.41, 5.74) is 0. The highest BCUT2D eigenvalue weighted by Gasteiger charge is 1.88. The number of rotatable bonds is 2. The highest BCUT2D eigenvalue weighted by molar-refractivity contribution is 7.91. The van der Waals surface area contributed by atoms with Crippen LogP contribution in [0.5, 0.6) is 0 Å². The van der Waals surface area contributed by atoms with Crippen molar-refractivity contribution in [1.29, 1.82) is 0 Å². The molecule has 0 saturated heterocycles. The van der Waals surface area contributed by atoms with E-state index in [1.165, 1.54) is 0 Å². The molecule has 1 atom stereocenters. The first-order valence-electron chi connectivity index (χ1n) is 1.68. The monoisotopic (exact) mass is 124 g/mol. The fourth-order valence-electron chi connectivity index (χ4n) is 0.129. The van der Waals surface area contributed by atoms with Gasteiger partial charge in [-0.3, -0.25) is 0 Å². The molecule has 1 unspecified atom stereocenters. The lowest BCUT2D eigenvalue weighted by Crippen LogP contribution is -2.02. The van der Waals surface area contributed by atoms with E-state index in [0.717, 1.165) is 5.75 Å². The van der Waals surface area contributed by atoms with Gasteiger partial charge in [0.1, 0.15) is 5.75 Å². The van der Waals surface area contributed by atoms with E-state index in [4.69, 9.17) is 0 Å².